The molecule has 0 bridgehead atoms. The van der Waals surface area contributed by atoms with Crippen LogP contribution in [0.15, 0.2) is 0 Å². The molecule has 2 heteroatoms. The summed E-state index contributed by atoms with van der Waals surface area (Å²) in [5.74, 6) is 0.416. The van der Waals surface area contributed by atoms with Crippen LogP contribution >= 0.6 is 0 Å². The van der Waals surface area contributed by atoms with Crippen molar-refractivity contribution in [2.24, 2.45) is 5.41 Å². The largest absolute Gasteiger partial charge is 0.316 e. The van der Waals surface area contributed by atoms with E-state index in [1.807, 2.05) is 0 Å². The molecule has 1 aliphatic rings. The molecule has 0 aromatic rings. The molecule has 0 aromatic heterocycles. The van der Waals surface area contributed by atoms with Gasteiger partial charge >= 0.3 is 0 Å². The van der Waals surface area contributed by atoms with E-state index in [1.165, 1.54) is 0 Å². The van der Waals surface area contributed by atoms with Crippen LogP contribution in [0.2, 0.25) is 0 Å². The number of Topliss-reactive ketones (excluding diaryl/α,β-unsaturated/α-hetero) is 1. The van der Waals surface area contributed by atoms with E-state index in [1.54, 1.807) is 0 Å². The molecule has 2 nitrogen and oxygen atoms in total. The summed E-state index contributed by atoms with van der Waals surface area (Å²) in [4.78, 5) is 11.2. The first-order valence-corrected chi connectivity index (χ1v) is 4.39. The number of rotatable bonds is 1. The van der Waals surface area contributed by atoms with Gasteiger partial charge in [0.2, 0.25) is 0 Å². The topological polar surface area (TPSA) is 29.1 Å². The molecule has 1 aliphatic heterocycles. The molecule has 1 rings (SSSR count). The molecule has 0 aromatic carbocycles. The molecule has 64 valence electrons. The highest BCUT2D eigenvalue weighted by atomic mass is 16.1. The Balaban J connectivity index is 2.58. The Hall–Kier alpha value is -0.370. The van der Waals surface area contributed by atoms with E-state index in [9.17, 15) is 4.79 Å². The van der Waals surface area contributed by atoms with Crippen molar-refractivity contribution in [3.8, 4) is 0 Å². The second-order valence-electron chi connectivity index (χ2n) is 3.81. The summed E-state index contributed by atoms with van der Waals surface area (Å²) in [6.07, 6.45) is 2.57. The minimum Gasteiger partial charge on any atom is -0.316 e. The van der Waals surface area contributed by atoms with E-state index in [0.717, 1.165) is 32.4 Å². The minimum absolute atomic E-state index is 0.216. The van der Waals surface area contributed by atoms with Gasteiger partial charge in [-0.2, -0.15) is 0 Å². The second-order valence-corrected chi connectivity index (χ2v) is 3.81. The first-order chi connectivity index (χ1) is 5.16. The SMILES string of the molecule is CCC1(C)CNCCC(=O)C1. The van der Waals surface area contributed by atoms with Crippen LogP contribution < -0.4 is 5.32 Å². The smallest absolute Gasteiger partial charge is 0.134 e. The van der Waals surface area contributed by atoms with Crippen molar-refractivity contribution >= 4 is 5.78 Å². The van der Waals surface area contributed by atoms with Gasteiger partial charge in [0.1, 0.15) is 5.78 Å². The maximum atomic E-state index is 11.2. The fourth-order valence-electron chi connectivity index (χ4n) is 1.49. The summed E-state index contributed by atoms with van der Waals surface area (Å²) in [7, 11) is 0. The highest BCUT2D eigenvalue weighted by Gasteiger charge is 2.27. The minimum atomic E-state index is 0.216. The van der Waals surface area contributed by atoms with Crippen LogP contribution in [0.4, 0.5) is 0 Å². The predicted molar refractivity (Wildman–Crippen MR) is 45.5 cm³/mol. The fourth-order valence-corrected chi connectivity index (χ4v) is 1.49. The number of carbonyl (C=O) groups excluding carboxylic acids is 1. The van der Waals surface area contributed by atoms with Crippen LogP contribution in [-0.4, -0.2) is 18.9 Å². The lowest BCUT2D eigenvalue weighted by Gasteiger charge is -2.24. The molecule has 0 aliphatic carbocycles. The normalized spacial score (nSPS) is 33.5. The Morgan fingerprint density at radius 3 is 3.00 bits per heavy atom. The zero-order chi connectivity index (χ0) is 8.32. The summed E-state index contributed by atoms with van der Waals surface area (Å²) >= 11 is 0. The first kappa shape index (κ1) is 8.72. The average Bonchev–Trinajstić information content (AvgIpc) is 2.13. The maximum Gasteiger partial charge on any atom is 0.134 e. The van der Waals surface area contributed by atoms with Gasteiger partial charge in [-0.15, -0.1) is 0 Å². The molecule has 1 atom stereocenters. The van der Waals surface area contributed by atoms with Gasteiger partial charge in [-0.05, 0) is 11.8 Å². The maximum absolute atomic E-state index is 11.2. The molecular formula is C9H17NO. The molecule has 0 saturated carbocycles. The third-order valence-electron chi connectivity index (χ3n) is 2.61. The van der Waals surface area contributed by atoms with Gasteiger partial charge in [0.25, 0.3) is 0 Å². The van der Waals surface area contributed by atoms with E-state index in [-0.39, 0.29) is 5.41 Å². The zero-order valence-electron chi connectivity index (χ0n) is 7.44. The second kappa shape index (κ2) is 3.35. The molecule has 1 N–H and O–H groups in total. The van der Waals surface area contributed by atoms with Crippen LogP contribution in [0.5, 0.6) is 0 Å². The highest BCUT2D eigenvalue weighted by Crippen LogP contribution is 2.26. The Bertz CT molecular complexity index is 156. The van der Waals surface area contributed by atoms with E-state index >= 15 is 0 Å². The molecule has 11 heavy (non-hydrogen) atoms. The number of ketones is 1. The van der Waals surface area contributed by atoms with Crippen molar-refractivity contribution in [2.75, 3.05) is 13.1 Å². The first-order valence-electron chi connectivity index (χ1n) is 4.39. The molecule has 0 radical (unpaired) electrons. The van der Waals surface area contributed by atoms with Gasteiger partial charge < -0.3 is 5.32 Å². The Morgan fingerprint density at radius 1 is 1.64 bits per heavy atom. The lowest BCUT2D eigenvalue weighted by atomic mass is 9.83. The zero-order valence-corrected chi connectivity index (χ0v) is 7.44. The van der Waals surface area contributed by atoms with Gasteiger partial charge in [0, 0.05) is 25.9 Å². The molecule has 0 spiro atoms. The lowest BCUT2D eigenvalue weighted by molar-refractivity contribution is -0.120. The van der Waals surface area contributed by atoms with Gasteiger partial charge in [0.05, 0.1) is 0 Å². The fraction of sp³-hybridized carbons (Fsp3) is 0.889. The molecule has 1 fully saturated rings. The number of nitrogens with one attached hydrogen (secondary N) is 1. The quantitative estimate of drug-likeness (QED) is 0.619. The Labute approximate surface area is 68.4 Å². The molecule has 1 saturated heterocycles. The third kappa shape index (κ3) is 2.29. The van der Waals surface area contributed by atoms with Crippen molar-refractivity contribution in [2.45, 2.75) is 33.1 Å². The summed E-state index contributed by atoms with van der Waals surface area (Å²) < 4.78 is 0. The summed E-state index contributed by atoms with van der Waals surface area (Å²) in [5.41, 5.74) is 0.216. The standard InChI is InChI=1S/C9H17NO/c1-3-9(2)6-8(11)4-5-10-7-9/h10H,3-7H2,1-2H3. The molecule has 1 unspecified atom stereocenters. The number of hydrogen-bond acceptors (Lipinski definition) is 2. The Morgan fingerprint density at radius 2 is 2.36 bits per heavy atom. The lowest BCUT2D eigenvalue weighted by Crippen LogP contribution is -2.29. The van der Waals surface area contributed by atoms with Crippen LogP contribution in [0.25, 0.3) is 0 Å². The number of hydrogen-bond donors (Lipinski definition) is 1. The van der Waals surface area contributed by atoms with Crippen molar-refractivity contribution in [3.05, 3.63) is 0 Å². The van der Waals surface area contributed by atoms with E-state index in [2.05, 4.69) is 19.2 Å². The third-order valence-corrected chi connectivity index (χ3v) is 2.61. The molecular weight excluding hydrogens is 138 g/mol. The van der Waals surface area contributed by atoms with Crippen molar-refractivity contribution in [1.29, 1.82) is 0 Å². The Kier molecular flexibility index (Phi) is 2.66. The van der Waals surface area contributed by atoms with Gasteiger partial charge in [0.15, 0.2) is 0 Å². The van der Waals surface area contributed by atoms with E-state index in [0.29, 0.717) is 5.78 Å². The number of carbonyl (C=O) groups is 1. The van der Waals surface area contributed by atoms with Gasteiger partial charge in [-0.3, -0.25) is 4.79 Å². The monoisotopic (exact) mass is 155 g/mol. The van der Waals surface area contributed by atoms with Crippen LogP contribution in [0.1, 0.15) is 33.1 Å². The summed E-state index contributed by atoms with van der Waals surface area (Å²) in [5, 5.41) is 3.30. The van der Waals surface area contributed by atoms with Crippen molar-refractivity contribution in [3.63, 3.8) is 0 Å². The van der Waals surface area contributed by atoms with Crippen LogP contribution in [0, 0.1) is 5.41 Å². The highest BCUT2D eigenvalue weighted by molar-refractivity contribution is 5.79. The van der Waals surface area contributed by atoms with E-state index < -0.39 is 0 Å². The van der Waals surface area contributed by atoms with Crippen LogP contribution in [-0.2, 0) is 4.79 Å². The predicted octanol–water partition coefficient (Wildman–Crippen LogP) is 1.36. The van der Waals surface area contributed by atoms with Gasteiger partial charge in [-0.1, -0.05) is 13.8 Å². The molecule has 1 heterocycles. The summed E-state index contributed by atoms with van der Waals surface area (Å²) in [6.45, 7) is 6.20. The van der Waals surface area contributed by atoms with E-state index in [4.69, 9.17) is 0 Å². The summed E-state index contributed by atoms with van der Waals surface area (Å²) in [6, 6.07) is 0. The van der Waals surface area contributed by atoms with Gasteiger partial charge in [-0.25, -0.2) is 0 Å². The molecule has 0 amide bonds. The average molecular weight is 155 g/mol. The van der Waals surface area contributed by atoms with Crippen molar-refractivity contribution < 1.29 is 4.79 Å². The van der Waals surface area contributed by atoms with Crippen molar-refractivity contribution in [1.82, 2.24) is 5.32 Å². The van der Waals surface area contributed by atoms with Crippen LogP contribution in [0.3, 0.4) is 0 Å².